The van der Waals surface area contributed by atoms with Crippen molar-refractivity contribution in [2.75, 3.05) is 33.5 Å². The lowest BCUT2D eigenvalue weighted by Crippen LogP contribution is -2.20. The van der Waals surface area contributed by atoms with Crippen molar-refractivity contribution in [1.82, 2.24) is 5.32 Å². The summed E-state index contributed by atoms with van der Waals surface area (Å²) in [6, 6.07) is 9.09. The number of hydrogen-bond donors (Lipinski definition) is 2. The molecule has 2 N–H and O–H groups in total. The third-order valence-electron chi connectivity index (χ3n) is 3.77. The van der Waals surface area contributed by atoms with Crippen LogP contribution in [0.4, 0.5) is 0 Å². The van der Waals surface area contributed by atoms with Gasteiger partial charge in [-0.15, -0.1) is 0 Å². The topological polar surface area (TPSA) is 60.0 Å². The molecule has 27 heavy (non-hydrogen) atoms. The van der Waals surface area contributed by atoms with E-state index in [4.69, 9.17) is 42.5 Å². The molecule has 0 saturated heterocycles. The van der Waals surface area contributed by atoms with Crippen LogP contribution in [0.2, 0.25) is 10.0 Å². The third kappa shape index (κ3) is 6.52. The first-order valence-electron chi connectivity index (χ1n) is 8.38. The maximum atomic E-state index is 8.72. The Morgan fingerprint density at radius 1 is 1.07 bits per heavy atom. The molecule has 0 fully saturated rings. The van der Waals surface area contributed by atoms with E-state index in [-0.39, 0.29) is 13.2 Å². The lowest BCUT2D eigenvalue weighted by atomic mass is 10.1. The summed E-state index contributed by atoms with van der Waals surface area (Å²) in [5, 5.41) is 13.1. The summed E-state index contributed by atoms with van der Waals surface area (Å²) in [5.41, 5.74) is 1.64. The summed E-state index contributed by atoms with van der Waals surface area (Å²) in [5.74, 6) is 1.24. The Morgan fingerprint density at radius 3 is 2.48 bits per heavy atom. The van der Waals surface area contributed by atoms with E-state index in [1.807, 2.05) is 12.1 Å². The molecule has 0 aliphatic carbocycles. The van der Waals surface area contributed by atoms with Crippen LogP contribution in [-0.2, 0) is 17.9 Å². The monoisotopic (exact) mass is 477 g/mol. The van der Waals surface area contributed by atoms with Crippen molar-refractivity contribution in [2.45, 2.75) is 13.2 Å². The number of nitrogens with one attached hydrogen (secondary N) is 1. The molecule has 0 heterocycles. The van der Waals surface area contributed by atoms with Gasteiger partial charge in [-0.25, -0.2) is 0 Å². The molecule has 148 valence electrons. The van der Waals surface area contributed by atoms with E-state index in [0.717, 1.165) is 15.6 Å². The van der Waals surface area contributed by atoms with E-state index < -0.39 is 0 Å². The molecule has 0 aliphatic rings. The predicted molar refractivity (Wildman–Crippen MR) is 111 cm³/mol. The summed E-state index contributed by atoms with van der Waals surface area (Å²) in [6.45, 7) is 2.26. The largest absolute Gasteiger partial charge is 0.493 e. The number of aliphatic hydroxyl groups is 1. The zero-order chi connectivity index (χ0) is 19.6. The van der Waals surface area contributed by atoms with Crippen LogP contribution in [0.1, 0.15) is 11.1 Å². The molecule has 0 atom stereocenters. The average Bonchev–Trinajstić information content (AvgIpc) is 2.65. The number of methoxy groups -OCH3 is 1. The lowest BCUT2D eigenvalue weighted by Gasteiger charge is -2.18. The molecule has 0 amide bonds. The molecule has 0 spiro atoms. The lowest BCUT2D eigenvalue weighted by molar-refractivity contribution is 0.0937. The molecule has 0 aromatic heterocycles. The molecule has 0 radical (unpaired) electrons. The molecule has 0 saturated carbocycles. The minimum Gasteiger partial charge on any atom is -0.493 e. The van der Waals surface area contributed by atoms with Gasteiger partial charge in [0, 0.05) is 38.7 Å². The fourth-order valence-corrected chi connectivity index (χ4v) is 3.36. The minimum absolute atomic E-state index is 0.0179. The van der Waals surface area contributed by atoms with Crippen LogP contribution in [0.5, 0.6) is 11.5 Å². The van der Waals surface area contributed by atoms with Gasteiger partial charge in [0.25, 0.3) is 0 Å². The maximum absolute atomic E-state index is 8.72. The summed E-state index contributed by atoms with van der Waals surface area (Å²) in [4.78, 5) is 0. The number of hydrogen-bond acceptors (Lipinski definition) is 5. The first kappa shape index (κ1) is 22.3. The van der Waals surface area contributed by atoms with Gasteiger partial charge in [0.15, 0.2) is 11.5 Å². The fraction of sp³-hybridized carbons (Fsp3) is 0.368. The summed E-state index contributed by atoms with van der Waals surface area (Å²) >= 11 is 16.0. The summed E-state index contributed by atoms with van der Waals surface area (Å²) < 4.78 is 17.7. The van der Waals surface area contributed by atoms with Crippen molar-refractivity contribution in [3.63, 3.8) is 0 Å². The Bertz CT molecular complexity index is 726. The van der Waals surface area contributed by atoms with Crippen LogP contribution in [0.25, 0.3) is 0 Å². The Morgan fingerprint density at radius 2 is 1.81 bits per heavy atom. The van der Waals surface area contributed by atoms with Crippen molar-refractivity contribution in [2.24, 2.45) is 0 Å². The SMILES string of the molecule is COc1ccc(Br)c(CNCCOCCO)c1OCc1c(Cl)cccc1Cl. The maximum Gasteiger partial charge on any atom is 0.167 e. The van der Waals surface area contributed by atoms with Crippen molar-refractivity contribution in [3.05, 3.63) is 56.0 Å². The second-order valence-electron chi connectivity index (χ2n) is 5.56. The second-order valence-corrected chi connectivity index (χ2v) is 7.23. The van der Waals surface area contributed by atoms with Crippen molar-refractivity contribution in [1.29, 1.82) is 0 Å². The Balaban J connectivity index is 2.12. The smallest absolute Gasteiger partial charge is 0.167 e. The highest BCUT2D eigenvalue weighted by molar-refractivity contribution is 9.10. The molecule has 8 heteroatoms. The van der Waals surface area contributed by atoms with E-state index in [0.29, 0.717) is 47.8 Å². The van der Waals surface area contributed by atoms with Crippen LogP contribution in [0, 0.1) is 0 Å². The quantitative estimate of drug-likeness (QED) is 0.467. The Hall–Kier alpha value is -1.02. The van der Waals surface area contributed by atoms with Crippen LogP contribution in [0.3, 0.4) is 0 Å². The number of ether oxygens (including phenoxy) is 3. The van der Waals surface area contributed by atoms with Crippen LogP contribution < -0.4 is 14.8 Å². The van der Waals surface area contributed by atoms with Gasteiger partial charge in [-0.05, 0) is 24.3 Å². The van der Waals surface area contributed by atoms with Crippen molar-refractivity contribution >= 4 is 39.1 Å². The van der Waals surface area contributed by atoms with E-state index in [9.17, 15) is 0 Å². The highest BCUT2D eigenvalue weighted by Gasteiger charge is 2.16. The molecular formula is C19H22BrCl2NO4. The molecule has 0 unspecified atom stereocenters. The molecule has 2 aromatic rings. The van der Waals surface area contributed by atoms with Gasteiger partial charge in [-0.3, -0.25) is 0 Å². The number of rotatable bonds is 11. The van der Waals surface area contributed by atoms with Gasteiger partial charge in [-0.1, -0.05) is 45.2 Å². The molecule has 5 nitrogen and oxygen atoms in total. The highest BCUT2D eigenvalue weighted by Crippen LogP contribution is 2.37. The Kier molecular flexibility index (Phi) is 9.68. The van der Waals surface area contributed by atoms with Gasteiger partial charge < -0.3 is 24.6 Å². The molecule has 2 aromatic carbocycles. The summed E-state index contributed by atoms with van der Waals surface area (Å²) in [7, 11) is 1.60. The van der Waals surface area contributed by atoms with Gasteiger partial charge in [0.05, 0.1) is 26.9 Å². The normalized spacial score (nSPS) is 10.9. The number of aliphatic hydroxyl groups excluding tert-OH is 1. The van der Waals surface area contributed by atoms with Gasteiger partial charge in [-0.2, -0.15) is 0 Å². The minimum atomic E-state index is 0.0179. The zero-order valence-corrected chi connectivity index (χ0v) is 18.0. The van der Waals surface area contributed by atoms with E-state index in [1.54, 1.807) is 25.3 Å². The van der Waals surface area contributed by atoms with E-state index >= 15 is 0 Å². The van der Waals surface area contributed by atoms with E-state index in [1.165, 1.54) is 0 Å². The van der Waals surface area contributed by atoms with Gasteiger partial charge in [0.1, 0.15) is 6.61 Å². The second kappa shape index (κ2) is 11.7. The zero-order valence-electron chi connectivity index (χ0n) is 14.9. The third-order valence-corrected chi connectivity index (χ3v) is 5.22. The first-order valence-corrected chi connectivity index (χ1v) is 9.93. The van der Waals surface area contributed by atoms with E-state index in [2.05, 4.69) is 21.2 Å². The first-order chi connectivity index (χ1) is 13.1. The molecule has 2 rings (SSSR count). The van der Waals surface area contributed by atoms with Crippen LogP contribution in [-0.4, -0.2) is 38.6 Å². The number of benzene rings is 2. The van der Waals surface area contributed by atoms with Gasteiger partial charge >= 0.3 is 0 Å². The fourth-order valence-electron chi connectivity index (χ4n) is 2.40. The molecule has 0 bridgehead atoms. The summed E-state index contributed by atoms with van der Waals surface area (Å²) in [6.07, 6.45) is 0. The van der Waals surface area contributed by atoms with Crippen molar-refractivity contribution in [3.8, 4) is 11.5 Å². The average molecular weight is 479 g/mol. The highest BCUT2D eigenvalue weighted by atomic mass is 79.9. The van der Waals surface area contributed by atoms with Crippen LogP contribution >= 0.6 is 39.1 Å². The van der Waals surface area contributed by atoms with Crippen LogP contribution in [0.15, 0.2) is 34.8 Å². The Labute approximate surface area is 177 Å². The molecule has 0 aliphatic heterocycles. The predicted octanol–water partition coefficient (Wildman–Crippen LogP) is 4.44. The number of halogens is 3. The standard InChI is InChI=1S/C19H22BrCl2NO4/c1-25-18-6-5-15(20)13(11-23-7-9-26-10-8-24)19(18)27-12-14-16(21)3-2-4-17(14)22/h2-6,23-24H,7-12H2,1H3. The van der Waals surface area contributed by atoms with Crippen molar-refractivity contribution < 1.29 is 19.3 Å². The molecular weight excluding hydrogens is 457 g/mol. The van der Waals surface area contributed by atoms with Gasteiger partial charge in [0.2, 0.25) is 0 Å².